The topological polar surface area (TPSA) is 66.4 Å². The van der Waals surface area contributed by atoms with Gasteiger partial charge >= 0.3 is 5.97 Å². The molecule has 1 amide bonds. The van der Waals surface area contributed by atoms with Crippen LogP contribution < -0.4 is 5.32 Å². The van der Waals surface area contributed by atoms with E-state index in [9.17, 15) is 9.59 Å². The minimum absolute atomic E-state index is 0.124. The molecule has 0 fully saturated rings. The van der Waals surface area contributed by atoms with Crippen LogP contribution in [0.2, 0.25) is 0 Å². The van der Waals surface area contributed by atoms with Gasteiger partial charge in [-0.1, -0.05) is 19.1 Å². The lowest BCUT2D eigenvalue weighted by atomic mass is 10.0. The smallest absolute Gasteiger partial charge is 0.328 e. The second kappa shape index (κ2) is 6.18. The summed E-state index contributed by atoms with van der Waals surface area (Å²) in [6.07, 6.45) is 3.40. The summed E-state index contributed by atoms with van der Waals surface area (Å²) in [6, 6.07) is 6.80. The number of carbonyl (C=O) groups is 2. The molecule has 19 heavy (non-hydrogen) atoms. The molecular formula is C15H19NO3. The molecular weight excluding hydrogens is 242 g/mol. The number of carbonyl (C=O) groups excluding carboxylic acids is 1. The minimum atomic E-state index is -0.994. The zero-order valence-electron chi connectivity index (χ0n) is 11.4. The first-order valence-electron chi connectivity index (χ1n) is 6.17. The maximum absolute atomic E-state index is 12.0. The summed E-state index contributed by atoms with van der Waals surface area (Å²) in [5.41, 5.74) is 1.07. The molecule has 2 N–H and O–H groups in total. The van der Waals surface area contributed by atoms with Gasteiger partial charge in [0.15, 0.2) is 0 Å². The van der Waals surface area contributed by atoms with Crippen molar-refractivity contribution < 1.29 is 14.7 Å². The Kier molecular flexibility index (Phi) is 4.87. The van der Waals surface area contributed by atoms with Gasteiger partial charge in [0.1, 0.15) is 0 Å². The van der Waals surface area contributed by atoms with Crippen LogP contribution in [0.3, 0.4) is 0 Å². The maximum Gasteiger partial charge on any atom is 0.328 e. The monoisotopic (exact) mass is 261 g/mol. The molecule has 0 bridgehead atoms. The molecule has 0 aliphatic heterocycles. The summed E-state index contributed by atoms with van der Waals surface area (Å²) in [4.78, 5) is 22.4. The number of carboxylic acids is 1. The molecule has 0 heterocycles. The van der Waals surface area contributed by atoms with E-state index in [0.29, 0.717) is 5.56 Å². The van der Waals surface area contributed by atoms with E-state index in [1.165, 1.54) is 6.08 Å². The Labute approximate surface area is 113 Å². The predicted molar refractivity (Wildman–Crippen MR) is 74.9 cm³/mol. The number of benzene rings is 1. The van der Waals surface area contributed by atoms with E-state index in [2.05, 4.69) is 5.32 Å². The number of hydrogen-bond donors (Lipinski definition) is 2. The van der Waals surface area contributed by atoms with Gasteiger partial charge in [0, 0.05) is 17.2 Å². The summed E-state index contributed by atoms with van der Waals surface area (Å²) in [5, 5.41) is 11.5. The summed E-state index contributed by atoms with van der Waals surface area (Å²) < 4.78 is 0. The fourth-order valence-corrected chi connectivity index (χ4v) is 1.38. The van der Waals surface area contributed by atoms with E-state index in [0.717, 1.165) is 18.1 Å². The van der Waals surface area contributed by atoms with Gasteiger partial charge in [-0.25, -0.2) is 4.79 Å². The lowest BCUT2D eigenvalue weighted by Crippen LogP contribution is -2.42. The Balaban J connectivity index is 2.76. The quantitative estimate of drug-likeness (QED) is 0.801. The molecule has 0 aromatic heterocycles. The minimum Gasteiger partial charge on any atom is -0.478 e. The standard InChI is InChI=1S/C15H19NO3/c1-4-15(2,3)16-14(19)12-8-5-11(6-9-12)7-10-13(17)18/h5-10H,4H2,1-3H3,(H,16,19)(H,17,18)/b10-7+. The van der Waals surface area contributed by atoms with Crippen molar-refractivity contribution >= 4 is 18.0 Å². The van der Waals surface area contributed by atoms with E-state index in [1.807, 2.05) is 20.8 Å². The van der Waals surface area contributed by atoms with Gasteiger partial charge in [-0.05, 0) is 44.0 Å². The van der Waals surface area contributed by atoms with Crippen molar-refractivity contribution in [3.63, 3.8) is 0 Å². The molecule has 4 heteroatoms. The highest BCUT2D eigenvalue weighted by atomic mass is 16.4. The molecule has 1 aromatic carbocycles. The first kappa shape index (κ1) is 15.0. The number of nitrogens with one attached hydrogen (secondary N) is 1. The van der Waals surface area contributed by atoms with E-state index in [-0.39, 0.29) is 11.4 Å². The highest BCUT2D eigenvalue weighted by Crippen LogP contribution is 2.11. The molecule has 0 unspecified atom stereocenters. The average molecular weight is 261 g/mol. The molecule has 0 atom stereocenters. The van der Waals surface area contributed by atoms with Crippen LogP contribution in [0.25, 0.3) is 6.08 Å². The van der Waals surface area contributed by atoms with Crippen molar-refractivity contribution in [2.24, 2.45) is 0 Å². The molecule has 0 radical (unpaired) electrons. The molecule has 1 aromatic rings. The second-order valence-electron chi connectivity index (χ2n) is 4.99. The molecule has 0 aliphatic carbocycles. The zero-order chi connectivity index (χ0) is 14.5. The van der Waals surface area contributed by atoms with E-state index >= 15 is 0 Å². The predicted octanol–water partition coefficient (Wildman–Crippen LogP) is 2.70. The van der Waals surface area contributed by atoms with Gasteiger partial charge < -0.3 is 10.4 Å². The third-order valence-corrected chi connectivity index (χ3v) is 2.93. The lowest BCUT2D eigenvalue weighted by molar-refractivity contribution is -0.131. The highest BCUT2D eigenvalue weighted by Gasteiger charge is 2.18. The highest BCUT2D eigenvalue weighted by molar-refractivity contribution is 5.95. The van der Waals surface area contributed by atoms with Gasteiger partial charge in [-0.2, -0.15) is 0 Å². The molecule has 4 nitrogen and oxygen atoms in total. The second-order valence-corrected chi connectivity index (χ2v) is 4.99. The summed E-state index contributed by atoms with van der Waals surface area (Å²) in [6.45, 7) is 5.95. The summed E-state index contributed by atoms with van der Waals surface area (Å²) in [7, 11) is 0. The lowest BCUT2D eigenvalue weighted by Gasteiger charge is -2.24. The van der Waals surface area contributed by atoms with Crippen molar-refractivity contribution in [1.82, 2.24) is 5.32 Å². The van der Waals surface area contributed by atoms with Gasteiger partial charge in [0.05, 0.1) is 0 Å². The van der Waals surface area contributed by atoms with Gasteiger partial charge in [-0.15, -0.1) is 0 Å². The molecule has 0 aliphatic rings. The third-order valence-electron chi connectivity index (χ3n) is 2.93. The first-order chi connectivity index (χ1) is 8.84. The van der Waals surface area contributed by atoms with Gasteiger partial charge in [-0.3, -0.25) is 4.79 Å². The zero-order valence-corrected chi connectivity index (χ0v) is 11.4. The van der Waals surface area contributed by atoms with Crippen LogP contribution in [0, 0.1) is 0 Å². The number of carboxylic acid groups (broad SMARTS) is 1. The van der Waals surface area contributed by atoms with Crippen molar-refractivity contribution in [3.05, 3.63) is 41.5 Å². The number of aliphatic carboxylic acids is 1. The van der Waals surface area contributed by atoms with Crippen molar-refractivity contribution in [2.45, 2.75) is 32.7 Å². The van der Waals surface area contributed by atoms with Crippen LogP contribution >= 0.6 is 0 Å². The van der Waals surface area contributed by atoms with Crippen molar-refractivity contribution in [2.75, 3.05) is 0 Å². The summed E-state index contributed by atoms with van der Waals surface area (Å²) >= 11 is 0. The van der Waals surface area contributed by atoms with E-state index in [1.54, 1.807) is 24.3 Å². The molecule has 0 saturated carbocycles. The van der Waals surface area contributed by atoms with Crippen molar-refractivity contribution in [1.29, 1.82) is 0 Å². The van der Waals surface area contributed by atoms with Crippen LogP contribution in [0.5, 0.6) is 0 Å². The van der Waals surface area contributed by atoms with Gasteiger partial charge in [0.2, 0.25) is 0 Å². The van der Waals surface area contributed by atoms with Crippen LogP contribution in [0.4, 0.5) is 0 Å². The Morgan fingerprint density at radius 3 is 2.32 bits per heavy atom. The van der Waals surface area contributed by atoms with E-state index < -0.39 is 5.97 Å². The van der Waals surface area contributed by atoms with Crippen LogP contribution in [-0.4, -0.2) is 22.5 Å². The van der Waals surface area contributed by atoms with Crippen LogP contribution in [0.15, 0.2) is 30.3 Å². The van der Waals surface area contributed by atoms with Crippen molar-refractivity contribution in [3.8, 4) is 0 Å². The Morgan fingerprint density at radius 1 is 1.26 bits per heavy atom. The number of rotatable bonds is 5. The average Bonchev–Trinajstić information content (AvgIpc) is 2.36. The largest absolute Gasteiger partial charge is 0.478 e. The summed E-state index contributed by atoms with van der Waals surface area (Å²) in [5.74, 6) is -1.12. The molecule has 102 valence electrons. The molecule has 0 saturated heterocycles. The maximum atomic E-state index is 12.0. The van der Waals surface area contributed by atoms with Gasteiger partial charge in [0.25, 0.3) is 5.91 Å². The van der Waals surface area contributed by atoms with Crippen LogP contribution in [-0.2, 0) is 4.79 Å². The normalized spacial score (nSPS) is 11.5. The molecule has 1 rings (SSSR count). The van der Waals surface area contributed by atoms with E-state index in [4.69, 9.17) is 5.11 Å². The Hall–Kier alpha value is -2.10. The fourth-order valence-electron chi connectivity index (χ4n) is 1.38. The fraction of sp³-hybridized carbons (Fsp3) is 0.333. The van der Waals surface area contributed by atoms with Crippen LogP contribution in [0.1, 0.15) is 43.1 Å². The Morgan fingerprint density at radius 2 is 1.84 bits per heavy atom. The first-order valence-corrected chi connectivity index (χ1v) is 6.17. The third kappa shape index (κ3) is 4.95. The number of amides is 1. The number of hydrogen-bond acceptors (Lipinski definition) is 2. The molecule has 0 spiro atoms. The SMILES string of the molecule is CCC(C)(C)NC(=O)c1ccc(/C=C/C(=O)O)cc1. The Bertz CT molecular complexity index is 487.